The van der Waals surface area contributed by atoms with Gasteiger partial charge in [0.05, 0.1) is 66.6 Å². The maximum absolute atomic E-state index is 16.8. The quantitative estimate of drug-likeness (QED) is 0.0336. The second kappa shape index (κ2) is 26.8. The molecule has 12 rings (SSSR count). The highest BCUT2D eigenvalue weighted by Gasteiger charge is 2.68. The van der Waals surface area contributed by atoms with Crippen LogP contribution in [0.5, 0.6) is 11.5 Å². The van der Waals surface area contributed by atoms with Crippen LogP contribution in [-0.2, 0) is 47.7 Å². The number of halogens is 2. The van der Waals surface area contributed by atoms with Crippen molar-refractivity contribution < 1.29 is 96.0 Å². The second-order valence-corrected chi connectivity index (χ2v) is 27.9. The topological polar surface area (TPSA) is 347 Å². The van der Waals surface area contributed by atoms with E-state index < -0.39 is 154 Å². The third kappa shape index (κ3) is 12.6. The molecule has 6 N–H and O–H groups in total. The number of anilines is 2. The molecule has 524 valence electrons. The number of hydrogen-bond acceptors (Lipinski definition) is 22. The van der Waals surface area contributed by atoms with Crippen molar-refractivity contribution in [1.82, 2.24) is 19.8 Å². The van der Waals surface area contributed by atoms with E-state index in [0.717, 1.165) is 17.7 Å². The van der Waals surface area contributed by atoms with Crippen molar-refractivity contribution in [2.24, 2.45) is 28.6 Å². The van der Waals surface area contributed by atoms with E-state index >= 15 is 8.78 Å². The molecule has 0 spiro atoms. The molecule has 98 heavy (non-hydrogen) atoms. The summed E-state index contributed by atoms with van der Waals surface area (Å²) in [7, 11) is 2.59. The number of aliphatic carboxylic acids is 2. The number of carbonyl (C=O) groups is 8. The Morgan fingerprint density at radius 1 is 0.755 bits per heavy atom. The van der Waals surface area contributed by atoms with Gasteiger partial charge in [-0.3, -0.25) is 28.8 Å². The number of carbonyl (C=O) groups excluding carboxylic acids is 6. The number of piperazine rings is 2. The number of Topliss-reactive ketones (excluding diaryl/α,β-unsaturated/α-hetero) is 1. The SMILES string of the molecule is COc1c(N2CCNC(C)C2)c(F)cc2c(=O)c(C(=O)OCC(COC(=O)c3cn(C4CC4)c4c(OC)c(N5CC(C)NC(C(=CC(=O)O)C(=O)O)C5)c(F)cc4c3=O)OC(=O)CCC(=O)OCC(=O)C3(O)CCC4C5CCC6=CC(=O)C=CC6(C)C5C(O)CC43C)cn(C3CC3)c12. The molecule has 4 aromatic rings. The van der Waals surface area contributed by atoms with E-state index in [1.165, 1.54) is 37.6 Å². The molecule has 2 aromatic carbocycles. The normalized spacial score (nSPS) is 27.9. The first-order valence-corrected chi connectivity index (χ1v) is 33.2. The van der Waals surface area contributed by atoms with Crippen LogP contribution >= 0.6 is 0 Å². The number of aliphatic hydroxyl groups excluding tert-OH is 1. The average Bonchev–Trinajstić information content (AvgIpc) is 1.70. The third-order valence-electron chi connectivity index (χ3n) is 21.5. The van der Waals surface area contributed by atoms with Crippen LogP contribution in [0.2, 0.25) is 0 Å². The van der Waals surface area contributed by atoms with Gasteiger partial charge in [-0.2, -0.15) is 0 Å². The fraction of sp³-hybridized carbons (Fsp3) is 0.543. The highest BCUT2D eigenvalue weighted by Crippen LogP contribution is 2.67. The van der Waals surface area contributed by atoms with Crippen LogP contribution in [0, 0.1) is 40.2 Å². The summed E-state index contributed by atoms with van der Waals surface area (Å²) in [4.78, 5) is 138. The molecule has 8 aliphatic rings. The number of carboxylic acid groups (broad SMARTS) is 2. The number of nitrogens with one attached hydrogen (secondary N) is 2. The van der Waals surface area contributed by atoms with Gasteiger partial charge in [0.2, 0.25) is 16.6 Å². The van der Waals surface area contributed by atoms with Crippen LogP contribution in [0.25, 0.3) is 21.8 Å². The summed E-state index contributed by atoms with van der Waals surface area (Å²) < 4.78 is 70.4. The Balaban J connectivity index is 0.779. The number of rotatable bonds is 22. The first kappa shape index (κ1) is 69.1. The van der Waals surface area contributed by atoms with Crippen LogP contribution in [0.1, 0.15) is 131 Å². The van der Waals surface area contributed by atoms with Crippen molar-refractivity contribution in [1.29, 1.82) is 0 Å². The number of ether oxygens (including phenoxy) is 6. The van der Waals surface area contributed by atoms with Crippen molar-refractivity contribution in [2.45, 2.75) is 146 Å². The number of benzene rings is 2. The van der Waals surface area contributed by atoms with Crippen LogP contribution in [-0.4, -0.2) is 180 Å². The van der Waals surface area contributed by atoms with Gasteiger partial charge in [-0.05, 0) is 108 Å². The lowest BCUT2D eigenvalue weighted by atomic mass is 9.46. The number of aliphatic hydroxyl groups is 2. The summed E-state index contributed by atoms with van der Waals surface area (Å²) in [6.07, 6.45) is 8.15. The van der Waals surface area contributed by atoms with Gasteiger partial charge in [-0.25, -0.2) is 28.0 Å². The molecule has 2 aromatic heterocycles. The number of ketones is 2. The lowest BCUT2D eigenvalue weighted by Crippen LogP contribution is -2.61. The van der Waals surface area contributed by atoms with E-state index in [2.05, 4.69) is 10.6 Å². The minimum Gasteiger partial charge on any atom is -0.492 e. The van der Waals surface area contributed by atoms with Gasteiger partial charge >= 0.3 is 35.8 Å². The lowest BCUT2D eigenvalue weighted by Gasteiger charge is -2.59. The van der Waals surface area contributed by atoms with E-state index in [-0.39, 0.29) is 112 Å². The molecular weight excluding hydrogens is 1280 g/mol. The Morgan fingerprint density at radius 3 is 1.88 bits per heavy atom. The molecule has 0 amide bonds. The van der Waals surface area contributed by atoms with Crippen molar-refractivity contribution >= 4 is 80.6 Å². The zero-order chi connectivity index (χ0) is 70.2. The number of hydrogen-bond donors (Lipinski definition) is 6. The Kier molecular flexibility index (Phi) is 18.9. The predicted molar refractivity (Wildman–Crippen MR) is 346 cm³/mol. The third-order valence-corrected chi connectivity index (χ3v) is 21.5. The molecule has 11 unspecified atom stereocenters. The van der Waals surface area contributed by atoms with E-state index in [9.17, 15) is 68.4 Å². The van der Waals surface area contributed by atoms with Crippen LogP contribution < -0.4 is 40.8 Å². The summed E-state index contributed by atoms with van der Waals surface area (Å²) >= 11 is 0. The number of carboxylic acids is 2. The predicted octanol–water partition coefficient (Wildman–Crippen LogP) is 5.17. The van der Waals surface area contributed by atoms with Crippen LogP contribution in [0.4, 0.5) is 20.2 Å². The largest absolute Gasteiger partial charge is 0.492 e. The fourth-order valence-electron chi connectivity index (χ4n) is 16.6. The zero-order valence-corrected chi connectivity index (χ0v) is 55.2. The Labute approximate surface area is 560 Å². The monoisotopic (exact) mass is 1360 g/mol. The van der Waals surface area contributed by atoms with Gasteiger partial charge in [0, 0.05) is 92.1 Å². The number of esters is 4. The van der Waals surface area contributed by atoms with Gasteiger partial charge < -0.3 is 78.4 Å². The Hall–Kier alpha value is -8.86. The summed E-state index contributed by atoms with van der Waals surface area (Å²) in [5.41, 5.74) is -6.02. The standard InChI is InChI=1S/C70H80F2N6O20/c1-34-26-75(20-19-73-34)59-48(71)22-43-57(63(59)93-5)77(37-8-9-37)28-45(61(43)86)66(90)96-31-40(98-55(85)14-13-54(84)95-33-52(81)70(92)18-16-47-41-12-7-36-21-39(79)15-17-68(36,3)56(41)51(80)25-69(47,70)4)32-97-67(91)46-29-78(38-10-11-38)58-44(62(46)87)23-49(72)60(64(58)94-6)76-27-35(2)74-50(30-76)42(65(88)89)24-53(82)83/h15,17,21-24,28-29,34-35,37-38,40-41,47,50-51,56,73-74,80,92H,7-14,16,18-20,25-27,30-33H2,1-6H3,(H,82,83)(H,88,89). The molecule has 0 bridgehead atoms. The molecule has 6 aliphatic carbocycles. The molecule has 0 radical (unpaired) electrons. The van der Waals surface area contributed by atoms with Crippen molar-refractivity contribution in [3.8, 4) is 11.5 Å². The highest BCUT2D eigenvalue weighted by molar-refractivity contribution is 6.02. The van der Waals surface area contributed by atoms with E-state index in [1.807, 2.05) is 24.8 Å². The number of aromatic nitrogens is 2. The second-order valence-electron chi connectivity index (χ2n) is 27.9. The summed E-state index contributed by atoms with van der Waals surface area (Å²) in [6, 6.07) is -0.244. The van der Waals surface area contributed by atoms with Crippen LogP contribution in [0.15, 0.2) is 69.6 Å². The van der Waals surface area contributed by atoms with Gasteiger partial charge in [0.1, 0.15) is 41.3 Å². The first-order valence-electron chi connectivity index (χ1n) is 33.2. The van der Waals surface area contributed by atoms with Crippen molar-refractivity contribution in [3.05, 3.63) is 103 Å². The summed E-state index contributed by atoms with van der Waals surface area (Å²) in [6.45, 7) is 5.94. The maximum atomic E-state index is 16.8. The molecule has 7 fully saturated rings. The van der Waals surface area contributed by atoms with E-state index in [1.54, 1.807) is 29.1 Å². The number of allylic oxidation sites excluding steroid dienone is 4. The number of fused-ring (bicyclic) bond motifs is 7. The molecule has 5 saturated carbocycles. The molecule has 2 aliphatic heterocycles. The Morgan fingerprint density at radius 2 is 1.33 bits per heavy atom. The smallest absolute Gasteiger partial charge is 0.343 e. The van der Waals surface area contributed by atoms with Gasteiger partial charge in [-0.1, -0.05) is 25.5 Å². The van der Waals surface area contributed by atoms with Gasteiger partial charge in [0.25, 0.3) is 0 Å². The van der Waals surface area contributed by atoms with Gasteiger partial charge in [0.15, 0.2) is 41.6 Å². The number of methoxy groups -OCH3 is 2. The van der Waals surface area contributed by atoms with Crippen LogP contribution in [0.3, 0.4) is 0 Å². The fourth-order valence-corrected chi connectivity index (χ4v) is 16.6. The minimum atomic E-state index is -1.99. The molecule has 28 heteroatoms. The average molecular weight is 1360 g/mol. The first-order chi connectivity index (χ1) is 46.6. The number of nitrogens with zero attached hydrogens (tertiary/aromatic N) is 4. The summed E-state index contributed by atoms with van der Waals surface area (Å²) in [5, 5.41) is 49.4. The molecule has 4 heterocycles. The van der Waals surface area contributed by atoms with Crippen molar-refractivity contribution in [3.63, 3.8) is 0 Å². The van der Waals surface area contributed by atoms with Gasteiger partial charge in [-0.15, -0.1) is 0 Å². The molecule has 2 saturated heterocycles. The number of pyridine rings is 2. The molecule has 11 atom stereocenters. The summed E-state index contributed by atoms with van der Waals surface area (Å²) in [5.74, 6) is -11.1. The minimum absolute atomic E-state index is 0.00195. The molecular formula is C70H80F2N6O20. The maximum Gasteiger partial charge on any atom is 0.343 e. The van der Waals surface area contributed by atoms with E-state index in [4.69, 9.17) is 28.4 Å². The molecule has 26 nitrogen and oxygen atoms in total. The highest BCUT2D eigenvalue weighted by atomic mass is 19.1. The Bertz CT molecular complexity index is 4230. The lowest BCUT2D eigenvalue weighted by molar-refractivity contribution is -0.181. The zero-order valence-electron chi connectivity index (χ0n) is 55.2. The van der Waals surface area contributed by atoms with Crippen molar-refractivity contribution in [2.75, 3.05) is 76.6 Å². The van der Waals surface area contributed by atoms with E-state index in [0.29, 0.717) is 70.7 Å².